The quantitative estimate of drug-likeness (QED) is 0.615. The van der Waals surface area contributed by atoms with Crippen molar-refractivity contribution in [2.45, 2.75) is 44.2 Å². The third-order valence-electron chi connectivity index (χ3n) is 4.06. The van der Waals surface area contributed by atoms with Gasteiger partial charge in [0, 0.05) is 12.6 Å². The Labute approximate surface area is 110 Å². The lowest BCUT2D eigenvalue weighted by Gasteiger charge is -2.26. The largest absolute Gasteiger partial charge is 0.380 e. The molecular weight excluding hydrogens is 230 g/mol. The van der Waals surface area contributed by atoms with Crippen molar-refractivity contribution >= 4 is 5.91 Å². The summed E-state index contributed by atoms with van der Waals surface area (Å²) in [6.07, 6.45) is 4.00. The number of likely N-dealkylation sites (N-methyl/N-ethyl adjacent to an activating group) is 2. The molecule has 0 aromatic rings. The van der Waals surface area contributed by atoms with Gasteiger partial charge in [-0.25, -0.2) is 0 Å². The highest BCUT2D eigenvalue weighted by molar-refractivity contribution is 5.84. The molecule has 0 aliphatic carbocycles. The minimum atomic E-state index is -0.574. The molecule has 2 atom stereocenters. The van der Waals surface area contributed by atoms with Crippen LogP contribution in [-0.2, 0) is 9.53 Å². The van der Waals surface area contributed by atoms with Gasteiger partial charge in [-0.15, -0.1) is 0 Å². The molecule has 1 fully saturated rings. The van der Waals surface area contributed by atoms with Crippen molar-refractivity contribution in [3.63, 3.8) is 0 Å². The Balaban J connectivity index is 2.19. The van der Waals surface area contributed by atoms with Gasteiger partial charge in [-0.2, -0.15) is 0 Å². The van der Waals surface area contributed by atoms with Crippen LogP contribution in [0, 0.1) is 0 Å². The highest BCUT2D eigenvalue weighted by atomic mass is 16.5. The van der Waals surface area contributed by atoms with Crippen molar-refractivity contribution in [2.75, 3.05) is 33.9 Å². The minimum absolute atomic E-state index is 0.275. The highest BCUT2D eigenvalue weighted by Gasteiger charge is 2.28. The predicted octanol–water partition coefficient (Wildman–Crippen LogP) is 0.341. The summed E-state index contributed by atoms with van der Waals surface area (Å²) in [6, 6.07) is 0.567. The Morgan fingerprint density at radius 3 is 2.78 bits per heavy atom. The Hall–Kier alpha value is -0.650. The zero-order valence-corrected chi connectivity index (χ0v) is 11.9. The van der Waals surface area contributed by atoms with E-state index in [1.165, 1.54) is 0 Å². The monoisotopic (exact) mass is 257 g/mol. The number of carbonyl (C=O) groups is 1. The van der Waals surface area contributed by atoms with E-state index in [0.29, 0.717) is 6.04 Å². The van der Waals surface area contributed by atoms with Crippen molar-refractivity contribution in [3.8, 4) is 0 Å². The molecule has 0 spiro atoms. The summed E-state index contributed by atoms with van der Waals surface area (Å²) < 4.78 is 5.37. The van der Waals surface area contributed by atoms with Gasteiger partial charge in [-0.05, 0) is 53.2 Å². The van der Waals surface area contributed by atoms with Crippen molar-refractivity contribution < 1.29 is 9.53 Å². The fraction of sp³-hybridized carbons (Fsp3) is 0.923. The Morgan fingerprint density at radius 1 is 1.56 bits per heavy atom. The van der Waals surface area contributed by atoms with Crippen LogP contribution >= 0.6 is 0 Å². The molecule has 5 heteroatoms. The van der Waals surface area contributed by atoms with Gasteiger partial charge in [-0.1, -0.05) is 0 Å². The van der Waals surface area contributed by atoms with E-state index in [4.69, 9.17) is 10.5 Å². The van der Waals surface area contributed by atoms with Crippen molar-refractivity contribution in [1.29, 1.82) is 0 Å². The topological polar surface area (TPSA) is 67.6 Å². The van der Waals surface area contributed by atoms with Crippen molar-refractivity contribution in [2.24, 2.45) is 5.73 Å². The summed E-state index contributed by atoms with van der Waals surface area (Å²) in [5.41, 5.74) is 4.82. The maximum atomic E-state index is 11.3. The zero-order valence-electron chi connectivity index (χ0n) is 11.9. The van der Waals surface area contributed by atoms with E-state index in [0.717, 1.165) is 45.4 Å². The Kier molecular flexibility index (Phi) is 6.05. The number of amides is 1. The van der Waals surface area contributed by atoms with Crippen molar-refractivity contribution in [3.05, 3.63) is 0 Å². The second-order valence-corrected chi connectivity index (χ2v) is 5.40. The summed E-state index contributed by atoms with van der Waals surface area (Å²) in [7, 11) is 3.93. The Bertz CT molecular complexity index is 267. The van der Waals surface area contributed by atoms with Crippen LogP contribution in [0.3, 0.4) is 0 Å². The van der Waals surface area contributed by atoms with E-state index in [9.17, 15) is 4.79 Å². The summed E-state index contributed by atoms with van der Waals surface area (Å²) >= 11 is 0. The molecule has 1 amide bonds. The summed E-state index contributed by atoms with van der Waals surface area (Å²) in [5.74, 6) is -0.275. The molecule has 106 valence electrons. The fourth-order valence-electron chi connectivity index (χ4n) is 2.26. The molecule has 1 saturated heterocycles. The number of hydrogen-bond donors (Lipinski definition) is 2. The van der Waals surface area contributed by atoms with Gasteiger partial charge in [0.2, 0.25) is 5.91 Å². The van der Waals surface area contributed by atoms with E-state index in [1.54, 1.807) is 7.05 Å². The number of ether oxygens (including phenoxy) is 1. The SMILES string of the molecule is CNC(C)(CCCCN(C)C1CCOC1)C(N)=O. The molecular formula is C13H27N3O2. The third-order valence-corrected chi connectivity index (χ3v) is 4.06. The molecule has 18 heavy (non-hydrogen) atoms. The molecule has 5 nitrogen and oxygen atoms in total. The van der Waals surface area contributed by atoms with Crippen LogP contribution in [0.25, 0.3) is 0 Å². The number of rotatable bonds is 8. The number of carbonyl (C=O) groups excluding carboxylic acids is 1. The first-order valence-electron chi connectivity index (χ1n) is 6.76. The first-order chi connectivity index (χ1) is 8.49. The molecule has 0 bridgehead atoms. The highest BCUT2D eigenvalue weighted by Crippen LogP contribution is 2.15. The average Bonchev–Trinajstić information content (AvgIpc) is 2.87. The number of nitrogens with two attached hydrogens (primary N) is 1. The van der Waals surface area contributed by atoms with E-state index < -0.39 is 5.54 Å². The summed E-state index contributed by atoms with van der Waals surface area (Å²) in [5, 5.41) is 3.01. The summed E-state index contributed by atoms with van der Waals surface area (Å²) in [6.45, 7) is 4.65. The number of hydrogen-bond acceptors (Lipinski definition) is 4. The van der Waals surface area contributed by atoms with Gasteiger partial charge in [0.15, 0.2) is 0 Å². The van der Waals surface area contributed by atoms with E-state index >= 15 is 0 Å². The normalized spacial score (nSPS) is 23.2. The van der Waals surface area contributed by atoms with Crippen LogP contribution in [0.2, 0.25) is 0 Å². The van der Waals surface area contributed by atoms with E-state index in [-0.39, 0.29) is 5.91 Å². The van der Waals surface area contributed by atoms with Crippen molar-refractivity contribution in [1.82, 2.24) is 10.2 Å². The van der Waals surface area contributed by atoms with Gasteiger partial charge < -0.3 is 20.7 Å². The first-order valence-corrected chi connectivity index (χ1v) is 6.76. The summed E-state index contributed by atoms with van der Waals surface area (Å²) in [4.78, 5) is 13.7. The van der Waals surface area contributed by atoms with Crippen LogP contribution in [0.15, 0.2) is 0 Å². The third kappa shape index (κ3) is 4.23. The number of nitrogens with one attached hydrogen (secondary N) is 1. The molecule has 1 aliphatic heterocycles. The van der Waals surface area contributed by atoms with Crippen LogP contribution < -0.4 is 11.1 Å². The molecule has 0 saturated carbocycles. The van der Waals surface area contributed by atoms with Crippen LogP contribution in [-0.4, -0.2) is 56.2 Å². The zero-order chi connectivity index (χ0) is 13.6. The van der Waals surface area contributed by atoms with Gasteiger partial charge in [0.05, 0.1) is 12.1 Å². The second-order valence-electron chi connectivity index (χ2n) is 5.40. The number of nitrogens with zero attached hydrogens (tertiary/aromatic N) is 1. The maximum absolute atomic E-state index is 11.3. The minimum Gasteiger partial charge on any atom is -0.380 e. The molecule has 3 N–H and O–H groups in total. The Morgan fingerprint density at radius 2 is 2.28 bits per heavy atom. The molecule has 1 heterocycles. The predicted molar refractivity (Wildman–Crippen MR) is 72.4 cm³/mol. The maximum Gasteiger partial charge on any atom is 0.237 e. The first kappa shape index (κ1) is 15.4. The lowest BCUT2D eigenvalue weighted by molar-refractivity contribution is -0.123. The lowest BCUT2D eigenvalue weighted by Crippen LogP contribution is -2.51. The molecule has 0 radical (unpaired) electrons. The van der Waals surface area contributed by atoms with Gasteiger partial charge in [0.1, 0.15) is 0 Å². The van der Waals surface area contributed by atoms with Gasteiger partial charge in [0.25, 0.3) is 0 Å². The van der Waals surface area contributed by atoms with Crippen LogP contribution in [0.5, 0.6) is 0 Å². The number of primary amides is 1. The molecule has 1 rings (SSSR count). The van der Waals surface area contributed by atoms with E-state index in [1.807, 2.05) is 6.92 Å². The van der Waals surface area contributed by atoms with Gasteiger partial charge in [-0.3, -0.25) is 4.79 Å². The molecule has 2 unspecified atom stereocenters. The smallest absolute Gasteiger partial charge is 0.237 e. The van der Waals surface area contributed by atoms with E-state index in [2.05, 4.69) is 17.3 Å². The van der Waals surface area contributed by atoms with Gasteiger partial charge >= 0.3 is 0 Å². The molecule has 0 aromatic heterocycles. The van der Waals surface area contributed by atoms with Crippen LogP contribution in [0.1, 0.15) is 32.6 Å². The molecule has 0 aromatic carbocycles. The molecule has 1 aliphatic rings. The number of unbranched alkanes of at least 4 members (excludes halogenated alkanes) is 1. The second kappa shape index (κ2) is 7.07. The average molecular weight is 257 g/mol. The lowest BCUT2D eigenvalue weighted by atomic mass is 9.94. The van der Waals surface area contributed by atoms with Crippen LogP contribution in [0.4, 0.5) is 0 Å². The standard InChI is InChI=1S/C13H27N3O2/c1-13(15-2,12(14)17)7-4-5-8-16(3)11-6-9-18-10-11/h11,15H,4-10H2,1-3H3,(H2,14,17). The fourth-order valence-corrected chi connectivity index (χ4v) is 2.26.